The molecule has 0 spiro atoms. The third-order valence-corrected chi connectivity index (χ3v) is 7.68. The van der Waals surface area contributed by atoms with Crippen LogP contribution in [-0.2, 0) is 16.0 Å². The van der Waals surface area contributed by atoms with Crippen molar-refractivity contribution in [3.05, 3.63) is 52.0 Å². The van der Waals surface area contributed by atoms with Gasteiger partial charge in [-0.3, -0.25) is 9.69 Å². The van der Waals surface area contributed by atoms with Crippen LogP contribution in [0.3, 0.4) is 0 Å². The second-order valence-electron chi connectivity index (χ2n) is 9.15. The summed E-state index contributed by atoms with van der Waals surface area (Å²) in [7, 11) is 0. The van der Waals surface area contributed by atoms with Crippen molar-refractivity contribution in [1.82, 2.24) is 19.8 Å². The van der Waals surface area contributed by atoms with E-state index in [-0.39, 0.29) is 5.91 Å². The van der Waals surface area contributed by atoms with Gasteiger partial charge in [0.2, 0.25) is 5.95 Å². The van der Waals surface area contributed by atoms with Gasteiger partial charge in [-0.25, -0.2) is 19.6 Å². The van der Waals surface area contributed by atoms with Crippen LogP contribution in [0.5, 0.6) is 0 Å². The third-order valence-electron chi connectivity index (χ3n) is 6.32. The van der Waals surface area contributed by atoms with Crippen LogP contribution in [0.25, 0.3) is 0 Å². The number of aryl methyl sites for hydroxylation is 1. The molecule has 0 aromatic carbocycles. The zero-order chi connectivity index (χ0) is 27.5. The lowest BCUT2D eigenvalue weighted by Crippen LogP contribution is -2.47. The number of carboxylic acids is 2. The monoisotopic (exact) mass is 545 g/mol. The number of carbonyl (C=O) groups excluding carboxylic acids is 1. The molecule has 1 fully saturated rings. The summed E-state index contributed by atoms with van der Waals surface area (Å²) in [5.41, 5.74) is 0.813. The van der Waals surface area contributed by atoms with Crippen LogP contribution in [0, 0.1) is 0 Å². The van der Waals surface area contributed by atoms with Crippen molar-refractivity contribution in [3.63, 3.8) is 0 Å². The number of carboxylic acid groups (broad SMARTS) is 2. The van der Waals surface area contributed by atoms with Crippen LogP contribution in [0.1, 0.15) is 52.4 Å². The Bertz CT molecular complexity index is 1080. The number of fused-ring (bicyclic) bond motifs is 1. The lowest BCUT2D eigenvalue weighted by molar-refractivity contribution is -0.134. The van der Waals surface area contributed by atoms with E-state index in [0.717, 1.165) is 92.8 Å². The first-order chi connectivity index (χ1) is 18.2. The third kappa shape index (κ3) is 8.89. The van der Waals surface area contributed by atoms with Crippen molar-refractivity contribution in [2.45, 2.75) is 38.7 Å². The number of carbonyl (C=O) groups is 3. The number of anilines is 1. The van der Waals surface area contributed by atoms with E-state index < -0.39 is 18.0 Å². The van der Waals surface area contributed by atoms with Gasteiger partial charge >= 0.3 is 11.9 Å². The van der Waals surface area contributed by atoms with E-state index in [2.05, 4.69) is 19.8 Å². The standard InChI is InChI=1S/C22H31N5O2S.C4H4O4/c1-17(28)20-16-18-19(30-20)6-4-11-26(21(18)29)10-3-2-9-25-12-14-27(15-13-25)22-23-7-5-8-24-22;5-3(6)1-2-4(7)8/h5,7-8,16-17,28H,2-4,6,9-15H2,1H3;1-2H,(H,5,6)(H,7,8)/b;2-1-. The Balaban J connectivity index is 0.000000436. The fourth-order valence-electron chi connectivity index (χ4n) is 4.34. The average molecular weight is 546 g/mol. The number of amides is 1. The van der Waals surface area contributed by atoms with E-state index in [9.17, 15) is 19.5 Å². The number of aliphatic hydroxyl groups excluding tert-OH is 1. The Hall–Kier alpha value is -3.35. The van der Waals surface area contributed by atoms with Crippen molar-refractivity contribution in [2.24, 2.45) is 0 Å². The van der Waals surface area contributed by atoms with E-state index in [1.165, 1.54) is 0 Å². The largest absolute Gasteiger partial charge is 0.478 e. The summed E-state index contributed by atoms with van der Waals surface area (Å²) in [6.07, 6.45) is 8.26. The van der Waals surface area contributed by atoms with E-state index in [1.54, 1.807) is 30.7 Å². The van der Waals surface area contributed by atoms with Crippen LogP contribution in [0.15, 0.2) is 36.7 Å². The molecule has 2 aromatic heterocycles. The van der Waals surface area contributed by atoms with E-state index >= 15 is 0 Å². The summed E-state index contributed by atoms with van der Waals surface area (Å²) < 4.78 is 0. The Morgan fingerprint density at radius 2 is 1.66 bits per heavy atom. The van der Waals surface area contributed by atoms with Gasteiger partial charge in [-0.1, -0.05) is 0 Å². The predicted octanol–water partition coefficient (Wildman–Crippen LogP) is 2.29. The maximum absolute atomic E-state index is 13.0. The van der Waals surface area contributed by atoms with Crippen molar-refractivity contribution >= 4 is 35.1 Å². The highest BCUT2D eigenvalue weighted by atomic mass is 32.1. The quantitative estimate of drug-likeness (QED) is 0.317. The van der Waals surface area contributed by atoms with Gasteiger partial charge < -0.3 is 25.1 Å². The van der Waals surface area contributed by atoms with E-state index in [1.807, 2.05) is 17.0 Å². The molecule has 12 heteroatoms. The lowest BCUT2D eigenvalue weighted by Gasteiger charge is -2.34. The number of unbranched alkanes of at least 4 members (excludes halogenated alkanes) is 1. The summed E-state index contributed by atoms with van der Waals surface area (Å²) in [5, 5.41) is 25.5. The number of nitrogens with zero attached hydrogens (tertiary/aromatic N) is 5. The molecule has 1 amide bonds. The first-order valence-electron chi connectivity index (χ1n) is 12.7. The lowest BCUT2D eigenvalue weighted by atomic mass is 10.1. The fourth-order valence-corrected chi connectivity index (χ4v) is 5.48. The Morgan fingerprint density at radius 1 is 1.03 bits per heavy atom. The Morgan fingerprint density at radius 3 is 2.26 bits per heavy atom. The van der Waals surface area contributed by atoms with Crippen LogP contribution in [0.2, 0.25) is 0 Å². The van der Waals surface area contributed by atoms with Crippen molar-refractivity contribution in [2.75, 3.05) is 50.7 Å². The molecule has 0 bridgehead atoms. The molecule has 2 aliphatic rings. The number of aromatic nitrogens is 2. The smallest absolute Gasteiger partial charge is 0.328 e. The molecule has 2 aliphatic heterocycles. The second-order valence-corrected chi connectivity index (χ2v) is 10.3. The van der Waals surface area contributed by atoms with E-state index in [0.29, 0.717) is 12.2 Å². The van der Waals surface area contributed by atoms with Crippen molar-refractivity contribution in [1.29, 1.82) is 0 Å². The summed E-state index contributed by atoms with van der Waals surface area (Å²) in [5.74, 6) is -1.55. The molecule has 0 saturated carbocycles. The molecule has 1 unspecified atom stereocenters. The predicted molar refractivity (Wildman–Crippen MR) is 144 cm³/mol. The highest BCUT2D eigenvalue weighted by Crippen LogP contribution is 2.31. The minimum absolute atomic E-state index is 0.141. The summed E-state index contributed by atoms with van der Waals surface area (Å²) in [4.78, 5) is 49.5. The number of hydrogen-bond acceptors (Lipinski definition) is 9. The van der Waals surface area contributed by atoms with Crippen LogP contribution < -0.4 is 4.90 Å². The van der Waals surface area contributed by atoms with Crippen LogP contribution in [0.4, 0.5) is 5.95 Å². The van der Waals surface area contributed by atoms with Gasteiger partial charge in [0.25, 0.3) is 5.91 Å². The van der Waals surface area contributed by atoms with Crippen molar-refractivity contribution in [3.8, 4) is 0 Å². The molecule has 1 saturated heterocycles. The molecular formula is C26H35N5O6S. The molecule has 4 rings (SSSR count). The Labute approximate surface area is 226 Å². The number of thiophene rings is 1. The minimum Gasteiger partial charge on any atom is -0.478 e. The van der Waals surface area contributed by atoms with Crippen molar-refractivity contribution < 1.29 is 29.7 Å². The highest BCUT2D eigenvalue weighted by Gasteiger charge is 2.25. The summed E-state index contributed by atoms with van der Waals surface area (Å²) >= 11 is 1.59. The van der Waals surface area contributed by atoms with Crippen LogP contribution in [-0.4, -0.2) is 98.7 Å². The molecule has 1 atom stereocenters. The minimum atomic E-state index is -1.26. The number of rotatable bonds is 9. The van der Waals surface area contributed by atoms with Gasteiger partial charge in [-0.2, -0.15) is 0 Å². The Kier molecular flexibility index (Phi) is 11.2. The van der Waals surface area contributed by atoms with Gasteiger partial charge in [0.15, 0.2) is 0 Å². The first-order valence-corrected chi connectivity index (χ1v) is 13.5. The molecule has 0 aliphatic carbocycles. The zero-order valence-electron chi connectivity index (χ0n) is 21.5. The summed E-state index contributed by atoms with van der Waals surface area (Å²) in [6.45, 7) is 8.46. The van der Waals surface area contributed by atoms with E-state index in [4.69, 9.17) is 10.2 Å². The number of hydrogen-bond donors (Lipinski definition) is 3. The topological polar surface area (TPSA) is 147 Å². The normalized spacial score (nSPS) is 16.9. The second kappa shape index (κ2) is 14.6. The van der Waals surface area contributed by atoms with Gasteiger partial charge in [0.05, 0.1) is 11.7 Å². The molecule has 2 aromatic rings. The number of aliphatic carboxylic acids is 2. The van der Waals surface area contributed by atoms with Gasteiger partial charge in [-0.05, 0) is 51.3 Å². The van der Waals surface area contributed by atoms with Crippen LogP contribution >= 0.6 is 11.3 Å². The first kappa shape index (κ1) is 29.2. The SMILES string of the molecule is CC(O)c1cc2c(s1)CCCN(CCCCN1CCN(c3ncccn3)CC1)C2=O.O=C(O)/C=C\C(=O)O. The maximum atomic E-state index is 13.0. The molecule has 206 valence electrons. The fraction of sp³-hybridized carbons (Fsp3) is 0.500. The number of aliphatic hydroxyl groups is 1. The highest BCUT2D eigenvalue weighted by molar-refractivity contribution is 7.12. The molecular weight excluding hydrogens is 510 g/mol. The molecule has 38 heavy (non-hydrogen) atoms. The van der Waals surface area contributed by atoms with Gasteiger partial charge in [-0.15, -0.1) is 11.3 Å². The average Bonchev–Trinajstić information content (AvgIpc) is 3.28. The molecule has 11 nitrogen and oxygen atoms in total. The van der Waals surface area contributed by atoms with Gasteiger partial charge in [0, 0.05) is 73.6 Å². The number of piperazine rings is 1. The maximum Gasteiger partial charge on any atom is 0.328 e. The summed E-state index contributed by atoms with van der Waals surface area (Å²) in [6, 6.07) is 3.75. The molecule has 0 radical (unpaired) electrons. The molecule has 4 heterocycles. The van der Waals surface area contributed by atoms with Gasteiger partial charge in [0.1, 0.15) is 0 Å². The zero-order valence-corrected chi connectivity index (χ0v) is 22.3. The molecule has 3 N–H and O–H groups in total.